The molecule has 0 unspecified atom stereocenters. The molecule has 0 aliphatic heterocycles. The Morgan fingerprint density at radius 2 is 1.91 bits per heavy atom. The maximum absolute atomic E-state index is 12.7. The average Bonchev–Trinajstić information content (AvgIpc) is 3.48. The number of nitrogens with zero attached hydrogens (tertiary/aromatic N) is 2. The number of carbonyl (C=O) groups is 3. The van der Waals surface area contributed by atoms with Gasteiger partial charge in [-0.1, -0.05) is 6.07 Å². The molecule has 3 heterocycles. The van der Waals surface area contributed by atoms with Gasteiger partial charge >= 0.3 is 11.9 Å². The summed E-state index contributed by atoms with van der Waals surface area (Å²) in [4.78, 5) is 46.7. The molecule has 180 valence electrons. The molecular formula is C24H22N4O6S. The fourth-order valence-electron chi connectivity index (χ4n) is 3.36. The Morgan fingerprint density at radius 1 is 1.11 bits per heavy atom. The zero-order valence-electron chi connectivity index (χ0n) is 19.2. The summed E-state index contributed by atoms with van der Waals surface area (Å²) in [6.45, 7) is 5.30. The average molecular weight is 495 g/mol. The SMILES string of the molecule is CCOC(=O)c1sc2nc(COC(=O)c3ccc(C)c(NC(=O)c4ccco4)c3)nc(N)c2c1C. The van der Waals surface area contributed by atoms with Crippen molar-refractivity contribution in [2.45, 2.75) is 27.4 Å². The lowest BCUT2D eigenvalue weighted by atomic mass is 10.1. The second kappa shape index (κ2) is 9.94. The Morgan fingerprint density at radius 3 is 2.63 bits per heavy atom. The molecule has 4 aromatic rings. The Balaban J connectivity index is 1.49. The van der Waals surface area contributed by atoms with Crippen LogP contribution in [0.1, 0.15) is 54.5 Å². The van der Waals surface area contributed by atoms with E-state index in [0.29, 0.717) is 26.3 Å². The molecule has 0 aliphatic rings. The highest BCUT2D eigenvalue weighted by atomic mass is 32.1. The zero-order chi connectivity index (χ0) is 25.1. The monoisotopic (exact) mass is 494 g/mol. The van der Waals surface area contributed by atoms with Gasteiger partial charge in [0.05, 0.1) is 23.8 Å². The van der Waals surface area contributed by atoms with E-state index in [2.05, 4.69) is 15.3 Å². The van der Waals surface area contributed by atoms with Crippen molar-refractivity contribution >= 4 is 50.9 Å². The lowest BCUT2D eigenvalue weighted by Gasteiger charge is -2.10. The van der Waals surface area contributed by atoms with Crippen LogP contribution in [0.4, 0.5) is 11.5 Å². The van der Waals surface area contributed by atoms with E-state index in [-0.39, 0.29) is 36.2 Å². The minimum atomic E-state index is -0.629. The van der Waals surface area contributed by atoms with Crippen LogP contribution in [0.3, 0.4) is 0 Å². The van der Waals surface area contributed by atoms with Crippen molar-refractivity contribution in [2.24, 2.45) is 0 Å². The summed E-state index contributed by atoms with van der Waals surface area (Å²) in [5, 5.41) is 3.29. The number of anilines is 2. The number of benzene rings is 1. The smallest absolute Gasteiger partial charge is 0.348 e. The largest absolute Gasteiger partial charge is 0.462 e. The van der Waals surface area contributed by atoms with Gasteiger partial charge in [0, 0.05) is 5.69 Å². The predicted molar refractivity (Wildman–Crippen MR) is 129 cm³/mol. The molecule has 0 radical (unpaired) electrons. The molecule has 0 saturated heterocycles. The second-order valence-electron chi connectivity index (χ2n) is 7.52. The van der Waals surface area contributed by atoms with Crippen LogP contribution < -0.4 is 11.1 Å². The van der Waals surface area contributed by atoms with Gasteiger partial charge in [0.25, 0.3) is 5.91 Å². The molecule has 3 N–H and O–H groups in total. The van der Waals surface area contributed by atoms with Gasteiger partial charge in [0.15, 0.2) is 18.2 Å². The van der Waals surface area contributed by atoms with E-state index in [0.717, 1.165) is 16.9 Å². The normalized spacial score (nSPS) is 10.8. The number of nitrogen functional groups attached to an aromatic ring is 1. The van der Waals surface area contributed by atoms with Gasteiger partial charge in [0.1, 0.15) is 15.5 Å². The van der Waals surface area contributed by atoms with E-state index in [1.165, 1.54) is 18.4 Å². The van der Waals surface area contributed by atoms with Gasteiger partial charge in [-0.25, -0.2) is 19.6 Å². The first-order valence-electron chi connectivity index (χ1n) is 10.6. The van der Waals surface area contributed by atoms with E-state index in [1.54, 1.807) is 39.0 Å². The standard InChI is InChI=1S/C24H22N4O6S/c1-4-32-24(31)19-13(3)18-20(25)27-17(28-22(18)35-19)11-34-23(30)14-8-7-12(2)15(10-14)26-21(29)16-6-5-9-33-16/h5-10H,4,11H2,1-3H3,(H,26,29)(H2,25,27,28). The maximum atomic E-state index is 12.7. The summed E-state index contributed by atoms with van der Waals surface area (Å²) in [6, 6.07) is 7.95. The van der Waals surface area contributed by atoms with Crippen LogP contribution in [0.25, 0.3) is 10.2 Å². The number of hydrogen-bond donors (Lipinski definition) is 2. The molecule has 0 bridgehead atoms. The van der Waals surface area contributed by atoms with E-state index >= 15 is 0 Å². The van der Waals surface area contributed by atoms with Crippen molar-refractivity contribution < 1.29 is 28.3 Å². The zero-order valence-corrected chi connectivity index (χ0v) is 20.0. The Bertz CT molecular complexity index is 1430. The van der Waals surface area contributed by atoms with Crippen LogP contribution in [-0.2, 0) is 16.1 Å². The van der Waals surface area contributed by atoms with Crippen molar-refractivity contribution in [3.8, 4) is 0 Å². The molecule has 11 heteroatoms. The molecule has 0 aliphatic carbocycles. The minimum Gasteiger partial charge on any atom is -0.462 e. The molecule has 0 spiro atoms. The Kier molecular flexibility index (Phi) is 6.78. The molecule has 3 aromatic heterocycles. The number of nitrogens with two attached hydrogens (primary N) is 1. The summed E-state index contributed by atoms with van der Waals surface area (Å²) in [5.41, 5.74) is 8.19. The fourth-order valence-corrected chi connectivity index (χ4v) is 4.46. The molecule has 1 aromatic carbocycles. The first-order chi connectivity index (χ1) is 16.8. The number of ether oxygens (including phenoxy) is 2. The molecule has 0 saturated carbocycles. The molecular weight excluding hydrogens is 472 g/mol. The van der Waals surface area contributed by atoms with Crippen molar-refractivity contribution in [3.05, 3.63) is 69.7 Å². The number of furan rings is 1. The number of hydrogen-bond acceptors (Lipinski definition) is 10. The van der Waals surface area contributed by atoms with E-state index < -0.39 is 17.8 Å². The lowest BCUT2D eigenvalue weighted by molar-refractivity contribution is 0.0461. The quantitative estimate of drug-likeness (QED) is 0.359. The first kappa shape index (κ1) is 23.9. The molecule has 35 heavy (non-hydrogen) atoms. The first-order valence-corrected chi connectivity index (χ1v) is 11.4. The topological polar surface area (TPSA) is 147 Å². The number of carbonyl (C=O) groups excluding carboxylic acids is 3. The number of aromatic nitrogens is 2. The summed E-state index contributed by atoms with van der Waals surface area (Å²) >= 11 is 1.14. The molecule has 0 atom stereocenters. The van der Waals surface area contributed by atoms with Gasteiger partial charge in [-0.15, -0.1) is 11.3 Å². The highest BCUT2D eigenvalue weighted by molar-refractivity contribution is 7.20. The summed E-state index contributed by atoms with van der Waals surface area (Å²) in [5.74, 6) is -0.987. The molecule has 10 nitrogen and oxygen atoms in total. The van der Waals surface area contributed by atoms with Crippen LogP contribution in [-0.4, -0.2) is 34.4 Å². The van der Waals surface area contributed by atoms with Gasteiger partial charge in [0.2, 0.25) is 0 Å². The summed E-state index contributed by atoms with van der Waals surface area (Å²) in [7, 11) is 0. The number of esters is 2. The van der Waals surface area contributed by atoms with Gasteiger partial charge in [-0.2, -0.15) is 0 Å². The Hall–Kier alpha value is -4.25. The molecule has 4 rings (SSSR count). The number of amides is 1. The van der Waals surface area contributed by atoms with Crippen LogP contribution in [0.15, 0.2) is 41.0 Å². The van der Waals surface area contributed by atoms with Gasteiger partial charge in [-0.05, 0) is 56.2 Å². The third-order valence-electron chi connectivity index (χ3n) is 5.12. The van der Waals surface area contributed by atoms with Crippen LogP contribution in [0.2, 0.25) is 0 Å². The third-order valence-corrected chi connectivity index (χ3v) is 6.29. The van der Waals surface area contributed by atoms with Crippen molar-refractivity contribution in [3.63, 3.8) is 0 Å². The number of rotatable bonds is 7. The fraction of sp³-hybridized carbons (Fsp3) is 0.208. The predicted octanol–water partition coefficient (Wildman–Crippen LogP) is 4.27. The minimum absolute atomic E-state index is 0.150. The molecule has 1 amide bonds. The number of thiophene rings is 1. The van der Waals surface area contributed by atoms with E-state index in [4.69, 9.17) is 19.6 Å². The Labute approximate surface area is 204 Å². The number of aryl methyl sites for hydroxylation is 2. The van der Waals surface area contributed by atoms with Crippen LogP contribution in [0.5, 0.6) is 0 Å². The van der Waals surface area contributed by atoms with E-state index in [1.807, 2.05) is 0 Å². The maximum Gasteiger partial charge on any atom is 0.348 e. The van der Waals surface area contributed by atoms with Crippen molar-refractivity contribution in [1.29, 1.82) is 0 Å². The van der Waals surface area contributed by atoms with Gasteiger partial charge < -0.3 is 24.9 Å². The lowest BCUT2D eigenvalue weighted by Crippen LogP contribution is -2.13. The van der Waals surface area contributed by atoms with E-state index in [9.17, 15) is 14.4 Å². The second-order valence-corrected chi connectivity index (χ2v) is 8.52. The summed E-state index contributed by atoms with van der Waals surface area (Å²) < 4.78 is 15.6. The van der Waals surface area contributed by atoms with Crippen molar-refractivity contribution in [1.82, 2.24) is 9.97 Å². The van der Waals surface area contributed by atoms with Gasteiger partial charge in [-0.3, -0.25) is 4.79 Å². The van der Waals surface area contributed by atoms with Crippen LogP contribution >= 0.6 is 11.3 Å². The number of fused-ring (bicyclic) bond motifs is 1. The summed E-state index contributed by atoms with van der Waals surface area (Å²) in [6.07, 6.45) is 1.40. The third kappa shape index (κ3) is 4.99. The van der Waals surface area contributed by atoms with Crippen molar-refractivity contribution in [2.75, 3.05) is 17.7 Å². The highest BCUT2D eigenvalue weighted by Gasteiger charge is 2.21. The van der Waals surface area contributed by atoms with Crippen LogP contribution in [0, 0.1) is 13.8 Å². The molecule has 0 fully saturated rings. The highest BCUT2D eigenvalue weighted by Crippen LogP contribution is 2.33. The number of nitrogens with one attached hydrogen (secondary N) is 1.